The molecule has 0 bridgehead atoms. The maximum atomic E-state index is 12.3. The Balaban J connectivity index is 1.85. The van der Waals surface area contributed by atoms with E-state index in [9.17, 15) is 13.2 Å². The van der Waals surface area contributed by atoms with Gasteiger partial charge in [-0.25, -0.2) is 0 Å². The van der Waals surface area contributed by atoms with E-state index in [-0.39, 0.29) is 11.5 Å². The van der Waals surface area contributed by atoms with Crippen LogP contribution < -0.4 is 4.74 Å². The summed E-state index contributed by atoms with van der Waals surface area (Å²) in [6.07, 6.45) is -1.17. The summed E-state index contributed by atoms with van der Waals surface area (Å²) in [5.74, 6) is 0.0534. The Morgan fingerprint density at radius 1 is 1.09 bits per heavy atom. The maximum absolute atomic E-state index is 12.3. The van der Waals surface area contributed by atoms with Crippen molar-refractivity contribution in [2.24, 2.45) is 0 Å². The van der Waals surface area contributed by atoms with Crippen molar-refractivity contribution >= 4 is 15.9 Å². The fraction of sp³-hybridized carbons (Fsp3) is 0.188. The van der Waals surface area contributed by atoms with Gasteiger partial charge in [0, 0.05) is 0 Å². The number of rotatable bonds is 3. The Bertz CT molecular complexity index is 809. The maximum Gasteiger partial charge on any atom is 0.297 e. The number of carbonyl (C=O) groups is 1. The van der Waals surface area contributed by atoms with Crippen LogP contribution in [0.2, 0.25) is 0 Å². The fourth-order valence-electron chi connectivity index (χ4n) is 2.20. The highest BCUT2D eigenvalue weighted by atomic mass is 32.2. The molecule has 1 aliphatic rings. The molecule has 1 aliphatic heterocycles. The van der Waals surface area contributed by atoms with E-state index >= 15 is 0 Å². The summed E-state index contributed by atoms with van der Waals surface area (Å²) in [4.78, 5) is 12.3. The monoisotopic (exact) mass is 318 g/mol. The summed E-state index contributed by atoms with van der Waals surface area (Å²) >= 11 is 0. The standard InChI is InChI=1S/C16H14O5S/c1-11-6-8-12(9-7-11)22(18,19)21-15-10-20-14-5-3-2-4-13(14)16(15)17/h2-9,15H,10H2,1H3/t15-/m1/s1. The van der Waals surface area contributed by atoms with Crippen LogP contribution >= 0.6 is 0 Å². The second kappa shape index (κ2) is 5.55. The van der Waals surface area contributed by atoms with Gasteiger partial charge in [0.2, 0.25) is 0 Å². The zero-order valence-corrected chi connectivity index (χ0v) is 12.7. The minimum atomic E-state index is -4.01. The predicted octanol–water partition coefficient (Wildman–Crippen LogP) is 2.34. The van der Waals surface area contributed by atoms with E-state index in [1.807, 2.05) is 6.92 Å². The van der Waals surface area contributed by atoms with Crippen LogP contribution in [0.15, 0.2) is 53.4 Å². The number of Topliss-reactive ketones (excluding diaryl/α,β-unsaturated/α-hetero) is 1. The third-order valence-electron chi connectivity index (χ3n) is 3.39. The summed E-state index contributed by atoms with van der Waals surface area (Å²) in [5, 5.41) is 0. The Kier molecular flexibility index (Phi) is 3.72. The molecule has 0 saturated carbocycles. The van der Waals surface area contributed by atoms with Crippen LogP contribution in [0, 0.1) is 6.92 Å². The minimum absolute atomic E-state index is 0.0183. The zero-order chi connectivity index (χ0) is 15.7. The Morgan fingerprint density at radius 3 is 2.50 bits per heavy atom. The van der Waals surface area contributed by atoms with E-state index in [4.69, 9.17) is 8.92 Å². The number of benzene rings is 2. The summed E-state index contributed by atoms with van der Waals surface area (Å²) < 4.78 is 34.9. The first kappa shape index (κ1) is 14.7. The van der Waals surface area contributed by atoms with E-state index in [0.29, 0.717) is 11.3 Å². The number of ether oxygens (including phenoxy) is 1. The van der Waals surface area contributed by atoms with Crippen LogP contribution in [-0.2, 0) is 14.3 Å². The van der Waals surface area contributed by atoms with Gasteiger partial charge in [-0.3, -0.25) is 8.98 Å². The van der Waals surface area contributed by atoms with Gasteiger partial charge in [0.1, 0.15) is 12.4 Å². The number of hydrogen-bond donors (Lipinski definition) is 0. The smallest absolute Gasteiger partial charge is 0.297 e. The van der Waals surface area contributed by atoms with Crippen LogP contribution in [-0.4, -0.2) is 26.9 Å². The van der Waals surface area contributed by atoms with Crippen molar-refractivity contribution in [3.05, 3.63) is 59.7 Å². The van der Waals surface area contributed by atoms with Gasteiger partial charge in [0.25, 0.3) is 10.1 Å². The Labute approximate surface area is 128 Å². The SMILES string of the molecule is Cc1ccc(S(=O)(=O)O[C@@H]2COc3ccccc3C2=O)cc1. The van der Waals surface area contributed by atoms with E-state index in [1.165, 1.54) is 12.1 Å². The summed E-state index contributed by atoms with van der Waals surface area (Å²) in [6, 6.07) is 12.9. The molecular weight excluding hydrogens is 304 g/mol. The molecule has 114 valence electrons. The fourth-order valence-corrected chi connectivity index (χ4v) is 3.22. The number of hydrogen-bond acceptors (Lipinski definition) is 5. The van der Waals surface area contributed by atoms with E-state index in [1.54, 1.807) is 36.4 Å². The van der Waals surface area contributed by atoms with Crippen molar-refractivity contribution in [2.45, 2.75) is 17.9 Å². The van der Waals surface area contributed by atoms with Crippen molar-refractivity contribution < 1.29 is 22.1 Å². The minimum Gasteiger partial charge on any atom is -0.490 e. The molecule has 6 heteroatoms. The first-order valence-electron chi connectivity index (χ1n) is 6.73. The molecule has 0 fully saturated rings. The highest BCUT2D eigenvalue weighted by Crippen LogP contribution is 2.27. The number of para-hydroxylation sites is 1. The second-order valence-electron chi connectivity index (χ2n) is 5.02. The number of aryl methyl sites for hydroxylation is 1. The van der Waals surface area contributed by atoms with Crippen molar-refractivity contribution in [1.82, 2.24) is 0 Å². The zero-order valence-electron chi connectivity index (χ0n) is 11.9. The molecule has 0 amide bonds. The second-order valence-corrected chi connectivity index (χ2v) is 6.60. The number of fused-ring (bicyclic) bond motifs is 1. The molecule has 3 rings (SSSR count). The molecule has 2 aromatic carbocycles. The Hall–Kier alpha value is -2.18. The predicted molar refractivity (Wildman–Crippen MR) is 79.5 cm³/mol. The third-order valence-corrected chi connectivity index (χ3v) is 4.72. The lowest BCUT2D eigenvalue weighted by Crippen LogP contribution is -2.37. The molecule has 0 spiro atoms. The van der Waals surface area contributed by atoms with E-state index in [0.717, 1.165) is 5.56 Å². The average Bonchev–Trinajstić information content (AvgIpc) is 2.51. The van der Waals surface area contributed by atoms with Crippen LogP contribution in [0.4, 0.5) is 0 Å². The molecule has 0 radical (unpaired) electrons. The summed E-state index contributed by atoms with van der Waals surface area (Å²) in [6.45, 7) is 1.73. The van der Waals surface area contributed by atoms with Gasteiger partial charge < -0.3 is 4.74 Å². The van der Waals surface area contributed by atoms with Crippen LogP contribution in [0.5, 0.6) is 5.75 Å². The van der Waals surface area contributed by atoms with Gasteiger partial charge in [0.05, 0.1) is 10.5 Å². The topological polar surface area (TPSA) is 69.7 Å². The molecule has 22 heavy (non-hydrogen) atoms. The molecule has 0 aliphatic carbocycles. The van der Waals surface area contributed by atoms with Gasteiger partial charge in [0.15, 0.2) is 11.9 Å². The van der Waals surface area contributed by atoms with Crippen molar-refractivity contribution in [2.75, 3.05) is 6.61 Å². The molecule has 0 N–H and O–H groups in total. The first-order chi connectivity index (χ1) is 10.5. The molecule has 1 heterocycles. The van der Waals surface area contributed by atoms with Crippen LogP contribution in [0.3, 0.4) is 0 Å². The highest BCUT2D eigenvalue weighted by Gasteiger charge is 2.33. The van der Waals surface area contributed by atoms with Crippen LogP contribution in [0.25, 0.3) is 0 Å². The average molecular weight is 318 g/mol. The van der Waals surface area contributed by atoms with Crippen molar-refractivity contribution in [3.63, 3.8) is 0 Å². The van der Waals surface area contributed by atoms with E-state index < -0.39 is 22.0 Å². The van der Waals surface area contributed by atoms with Crippen LogP contribution in [0.1, 0.15) is 15.9 Å². The lowest BCUT2D eigenvalue weighted by molar-refractivity contribution is 0.0643. The summed E-state index contributed by atoms with van der Waals surface area (Å²) in [5.41, 5.74) is 1.27. The lowest BCUT2D eigenvalue weighted by Gasteiger charge is -2.23. The lowest BCUT2D eigenvalue weighted by atomic mass is 10.0. The van der Waals surface area contributed by atoms with Gasteiger partial charge in [-0.05, 0) is 31.2 Å². The Morgan fingerprint density at radius 2 is 1.77 bits per heavy atom. The van der Waals surface area contributed by atoms with Gasteiger partial charge in [-0.1, -0.05) is 29.8 Å². The van der Waals surface area contributed by atoms with Gasteiger partial charge in [-0.15, -0.1) is 0 Å². The first-order valence-corrected chi connectivity index (χ1v) is 8.14. The molecule has 0 saturated heterocycles. The third kappa shape index (κ3) is 2.75. The van der Waals surface area contributed by atoms with E-state index in [2.05, 4.69) is 0 Å². The van der Waals surface area contributed by atoms with Crippen molar-refractivity contribution in [1.29, 1.82) is 0 Å². The molecule has 0 aromatic heterocycles. The normalized spacial score (nSPS) is 17.7. The largest absolute Gasteiger partial charge is 0.490 e. The molecular formula is C16H14O5S. The highest BCUT2D eigenvalue weighted by molar-refractivity contribution is 7.86. The molecule has 0 unspecified atom stereocenters. The van der Waals surface area contributed by atoms with Gasteiger partial charge in [-0.2, -0.15) is 8.42 Å². The number of ketones is 1. The molecule has 5 nitrogen and oxygen atoms in total. The van der Waals surface area contributed by atoms with Gasteiger partial charge >= 0.3 is 0 Å². The summed E-state index contributed by atoms with van der Waals surface area (Å²) in [7, 11) is -4.01. The quantitative estimate of drug-likeness (QED) is 0.813. The molecule has 2 aromatic rings. The molecule has 1 atom stereocenters. The number of carbonyl (C=O) groups excluding carboxylic acids is 1. The van der Waals surface area contributed by atoms with Crippen molar-refractivity contribution in [3.8, 4) is 5.75 Å².